The highest BCUT2D eigenvalue weighted by Gasteiger charge is 2.20. The lowest BCUT2D eigenvalue weighted by Gasteiger charge is -2.22. The normalized spacial score (nSPS) is 12.2. The molecule has 5 N–H and O–H groups in total. The van der Waals surface area contributed by atoms with Crippen LogP contribution in [0.2, 0.25) is 0 Å². The molecular formula is C31H37N5O5. The van der Waals surface area contributed by atoms with Crippen LogP contribution in [0.3, 0.4) is 0 Å². The van der Waals surface area contributed by atoms with Crippen LogP contribution in [0.5, 0.6) is 0 Å². The predicted molar refractivity (Wildman–Crippen MR) is 157 cm³/mol. The Kier molecular flexibility index (Phi) is 11.9. The van der Waals surface area contributed by atoms with E-state index in [9.17, 15) is 19.2 Å². The Balaban J connectivity index is 1.46. The van der Waals surface area contributed by atoms with Gasteiger partial charge in [-0.1, -0.05) is 72.8 Å². The van der Waals surface area contributed by atoms with Crippen molar-refractivity contribution in [3.05, 3.63) is 102 Å². The van der Waals surface area contributed by atoms with Gasteiger partial charge in [0.25, 0.3) is 0 Å². The first-order valence-electron chi connectivity index (χ1n) is 13.5. The van der Waals surface area contributed by atoms with Crippen molar-refractivity contribution in [2.75, 3.05) is 18.4 Å². The molecule has 0 aliphatic rings. The molecule has 2 unspecified atom stereocenters. The van der Waals surface area contributed by atoms with Gasteiger partial charge in [0.2, 0.25) is 17.7 Å². The molecule has 0 heterocycles. The molecule has 0 aliphatic carbocycles. The van der Waals surface area contributed by atoms with Gasteiger partial charge in [0.05, 0.1) is 6.54 Å². The van der Waals surface area contributed by atoms with Gasteiger partial charge in [-0.25, -0.2) is 4.79 Å². The highest BCUT2D eigenvalue weighted by molar-refractivity contribution is 5.92. The molecule has 3 rings (SSSR count). The number of hydrogen-bond acceptors (Lipinski definition) is 5. The molecule has 0 bridgehead atoms. The smallest absolute Gasteiger partial charge is 0.405 e. The zero-order valence-electron chi connectivity index (χ0n) is 23.3. The van der Waals surface area contributed by atoms with E-state index in [0.29, 0.717) is 31.7 Å². The topological polar surface area (TPSA) is 140 Å². The molecule has 3 aromatic carbocycles. The van der Waals surface area contributed by atoms with E-state index in [1.807, 2.05) is 90.2 Å². The minimum absolute atomic E-state index is 0.110. The number of amides is 4. The number of carboxylic acid groups (broad SMARTS) is 1. The number of rotatable bonds is 14. The highest BCUT2D eigenvalue weighted by Crippen LogP contribution is 2.13. The maximum atomic E-state index is 12.9. The van der Waals surface area contributed by atoms with Gasteiger partial charge < -0.3 is 26.4 Å². The molecule has 0 spiro atoms. The Morgan fingerprint density at radius 3 is 1.78 bits per heavy atom. The summed E-state index contributed by atoms with van der Waals surface area (Å²) in [5, 5.41) is 18.9. The molecule has 2 atom stereocenters. The van der Waals surface area contributed by atoms with E-state index in [4.69, 9.17) is 5.11 Å². The molecule has 3 aromatic rings. The standard InChI is InChI=1S/C31H37N5O5/c1-22(33-30(39)23(2)34-31(40)41)29(38)32-18-17-24-13-15-27(16-14-24)35-28(37)21-36(19-25-9-5-3-6-10-25)20-26-11-7-4-8-12-26/h3-16,22-23,34H,17-21H2,1-2H3,(H,32,38)(H,33,39)(H,35,37)(H,40,41). The SMILES string of the molecule is CC(NC(=O)O)C(=O)NC(C)C(=O)NCCc1ccc(NC(=O)CN(Cc2ccccc2)Cc2ccccc2)cc1. The number of anilines is 1. The fourth-order valence-electron chi connectivity index (χ4n) is 4.15. The molecular weight excluding hydrogens is 522 g/mol. The molecule has 0 saturated carbocycles. The minimum Gasteiger partial charge on any atom is -0.465 e. The largest absolute Gasteiger partial charge is 0.465 e. The number of hydrogen-bond donors (Lipinski definition) is 5. The van der Waals surface area contributed by atoms with Crippen LogP contribution >= 0.6 is 0 Å². The number of carbonyl (C=O) groups is 4. The lowest BCUT2D eigenvalue weighted by Crippen LogP contribution is -2.51. The van der Waals surface area contributed by atoms with E-state index < -0.39 is 24.1 Å². The van der Waals surface area contributed by atoms with Crippen molar-refractivity contribution in [2.24, 2.45) is 0 Å². The van der Waals surface area contributed by atoms with Crippen molar-refractivity contribution in [3.63, 3.8) is 0 Å². The van der Waals surface area contributed by atoms with E-state index in [-0.39, 0.29) is 18.4 Å². The Bertz CT molecular complexity index is 1240. The Hall–Kier alpha value is -4.70. The van der Waals surface area contributed by atoms with E-state index >= 15 is 0 Å². The first-order chi connectivity index (χ1) is 19.7. The first-order valence-corrected chi connectivity index (χ1v) is 13.5. The van der Waals surface area contributed by atoms with Crippen LogP contribution in [0.15, 0.2) is 84.9 Å². The van der Waals surface area contributed by atoms with E-state index in [2.05, 4.69) is 20.9 Å². The summed E-state index contributed by atoms with van der Waals surface area (Å²) in [5.74, 6) is -1.07. The van der Waals surface area contributed by atoms with Crippen LogP contribution in [-0.4, -0.2) is 59.0 Å². The van der Waals surface area contributed by atoms with Crippen molar-refractivity contribution in [2.45, 2.75) is 45.4 Å². The van der Waals surface area contributed by atoms with Gasteiger partial charge in [0.15, 0.2) is 0 Å². The summed E-state index contributed by atoms with van der Waals surface area (Å²) in [6.45, 7) is 4.80. The summed E-state index contributed by atoms with van der Waals surface area (Å²) in [4.78, 5) is 49.9. The summed E-state index contributed by atoms with van der Waals surface area (Å²) < 4.78 is 0. The van der Waals surface area contributed by atoms with Gasteiger partial charge in [0, 0.05) is 25.3 Å². The second-order valence-electron chi connectivity index (χ2n) is 9.80. The second-order valence-corrected chi connectivity index (χ2v) is 9.80. The van der Waals surface area contributed by atoms with Crippen molar-refractivity contribution in [1.29, 1.82) is 0 Å². The monoisotopic (exact) mass is 559 g/mol. The van der Waals surface area contributed by atoms with E-state index in [0.717, 1.165) is 16.7 Å². The van der Waals surface area contributed by atoms with Crippen LogP contribution in [0, 0.1) is 0 Å². The lowest BCUT2D eigenvalue weighted by atomic mass is 10.1. The molecule has 0 aliphatic heterocycles. The first kappa shape index (κ1) is 30.8. The van der Waals surface area contributed by atoms with Crippen LogP contribution < -0.4 is 21.3 Å². The maximum Gasteiger partial charge on any atom is 0.405 e. The third kappa shape index (κ3) is 11.1. The van der Waals surface area contributed by atoms with Gasteiger partial charge in [-0.3, -0.25) is 19.3 Å². The molecule has 0 saturated heterocycles. The van der Waals surface area contributed by atoms with E-state index in [1.54, 1.807) is 0 Å². The Labute approximate surface area is 240 Å². The van der Waals surface area contributed by atoms with Crippen LogP contribution in [0.25, 0.3) is 0 Å². The third-order valence-electron chi connectivity index (χ3n) is 6.30. The van der Waals surface area contributed by atoms with E-state index in [1.165, 1.54) is 13.8 Å². The zero-order valence-corrected chi connectivity index (χ0v) is 23.3. The molecule has 216 valence electrons. The van der Waals surface area contributed by atoms with Gasteiger partial charge in [-0.2, -0.15) is 0 Å². The molecule has 10 heteroatoms. The van der Waals surface area contributed by atoms with Crippen LogP contribution in [-0.2, 0) is 33.9 Å². The molecule has 10 nitrogen and oxygen atoms in total. The van der Waals surface area contributed by atoms with Crippen molar-refractivity contribution in [3.8, 4) is 0 Å². The second kappa shape index (κ2) is 15.8. The van der Waals surface area contributed by atoms with Gasteiger partial charge >= 0.3 is 6.09 Å². The lowest BCUT2D eigenvalue weighted by molar-refractivity contribution is -0.129. The summed E-state index contributed by atoms with van der Waals surface area (Å²) in [6, 6.07) is 25.7. The molecule has 0 radical (unpaired) electrons. The summed E-state index contributed by atoms with van der Waals surface area (Å²) in [6.07, 6.45) is -0.761. The summed E-state index contributed by atoms with van der Waals surface area (Å²) in [7, 11) is 0. The van der Waals surface area contributed by atoms with Crippen molar-refractivity contribution >= 4 is 29.5 Å². The van der Waals surface area contributed by atoms with Gasteiger partial charge in [-0.05, 0) is 49.1 Å². The number of carbonyl (C=O) groups excluding carboxylic acids is 3. The molecule has 41 heavy (non-hydrogen) atoms. The summed E-state index contributed by atoms with van der Waals surface area (Å²) in [5.41, 5.74) is 3.92. The van der Waals surface area contributed by atoms with Crippen LogP contribution in [0.4, 0.5) is 10.5 Å². The van der Waals surface area contributed by atoms with Crippen molar-refractivity contribution in [1.82, 2.24) is 20.9 Å². The van der Waals surface area contributed by atoms with Gasteiger partial charge in [0.1, 0.15) is 12.1 Å². The summed E-state index contributed by atoms with van der Waals surface area (Å²) >= 11 is 0. The van der Waals surface area contributed by atoms with Gasteiger partial charge in [-0.15, -0.1) is 0 Å². The molecule has 0 aromatic heterocycles. The fraction of sp³-hybridized carbons (Fsp3) is 0.290. The Morgan fingerprint density at radius 1 is 0.707 bits per heavy atom. The number of benzene rings is 3. The number of nitrogens with one attached hydrogen (secondary N) is 4. The Morgan fingerprint density at radius 2 is 1.24 bits per heavy atom. The molecule has 0 fully saturated rings. The van der Waals surface area contributed by atoms with Crippen molar-refractivity contribution < 1.29 is 24.3 Å². The average molecular weight is 560 g/mol. The fourth-order valence-corrected chi connectivity index (χ4v) is 4.15. The quantitative estimate of drug-likeness (QED) is 0.206. The maximum absolute atomic E-state index is 12.9. The van der Waals surface area contributed by atoms with Crippen LogP contribution in [0.1, 0.15) is 30.5 Å². The zero-order chi connectivity index (χ0) is 29.6. The predicted octanol–water partition coefficient (Wildman–Crippen LogP) is 3.15. The highest BCUT2D eigenvalue weighted by atomic mass is 16.4. The average Bonchev–Trinajstić information content (AvgIpc) is 2.94. The number of nitrogens with zero attached hydrogens (tertiary/aromatic N) is 1. The molecule has 4 amide bonds. The third-order valence-corrected chi connectivity index (χ3v) is 6.30. The minimum atomic E-state index is -1.32.